The first-order valence-electron chi connectivity index (χ1n) is 13.4. The predicted molar refractivity (Wildman–Crippen MR) is 144 cm³/mol. The van der Waals surface area contributed by atoms with Crippen LogP contribution in [0, 0.1) is 5.92 Å². The number of hydrogen-bond donors (Lipinski definition) is 1. The van der Waals surface area contributed by atoms with E-state index in [2.05, 4.69) is 59.8 Å². The van der Waals surface area contributed by atoms with Gasteiger partial charge in [-0.2, -0.15) is 0 Å². The van der Waals surface area contributed by atoms with Gasteiger partial charge in [0.1, 0.15) is 18.4 Å². The number of benzene rings is 2. The molecule has 2 aromatic rings. The molecule has 5 rings (SSSR count). The minimum Gasteiger partial charge on any atom is -0.489 e. The SMILES string of the molecule is C=C1CC[C@@H](N2Cc3c(OCc4ccc(CN5CCN(CC(C)C)CC5)cc4)cccc3C2=O)C(=O)N1. The summed E-state index contributed by atoms with van der Waals surface area (Å²) in [7, 11) is 0. The first kappa shape index (κ1) is 25.5. The molecule has 3 heterocycles. The zero-order valence-electron chi connectivity index (χ0n) is 22.0. The monoisotopic (exact) mass is 502 g/mol. The molecule has 0 radical (unpaired) electrons. The average Bonchev–Trinajstić information content (AvgIpc) is 3.21. The van der Waals surface area contributed by atoms with Crippen molar-refractivity contribution in [3.63, 3.8) is 0 Å². The Morgan fingerprint density at radius 3 is 2.41 bits per heavy atom. The van der Waals surface area contributed by atoms with E-state index in [1.807, 2.05) is 18.2 Å². The van der Waals surface area contributed by atoms with Crippen LogP contribution in [0.15, 0.2) is 54.7 Å². The van der Waals surface area contributed by atoms with Gasteiger partial charge in [0.05, 0.1) is 6.54 Å². The third-order valence-corrected chi connectivity index (χ3v) is 7.56. The van der Waals surface area contributed by atoms with E-state index in [-0.39, 0.29) is 11.8 Å². The van der Waals surface area contributed by atoms with Crippen LogP contribution in [0.4, 0.5) is 0 Å². The van der Waals surface area contributed by atoms with Crippen LogP contribution in [0.2, 0.25) is 0 Å². The zero-order valence-corrected chi connectivity index (χ0v) is 22.0. The van der Waals surface area contributed by atoms with Crippen molar-refractivity contribution >= 4 is 11.8 Å². The number of carbonyl (C=O) groups is 2. The summed E-state index contributed by atoms with van der Waals surface area (Å²) < 4.78 is 6.19. The number of carbonyl (C=O) groups excluding carboxylic acids is 2. The van der Waals surface area contributed by atoms with E-state index >= 15 is 0 Å². The molecule has 7 nitrogen and oxygen atoms in total. The van der Waals surface area contributed by atoms with Crippen LogP contribution in [-0.2, 0) is 24.5 Å². The molecule has 1 N–H and O–H groups in total. The lowest BCUT2D eigenvalue weighted by molar-refractivity contribution is -0.126. The first-order valence-corrected chi connectivity index (χ1v) is 13.4. The second kappa shape index (κ2) is 11.1. The van der Waals surface area contributed by atoms with Gasteiger partial charge in [0.25, 0.3) is 5.91 Å². The average molecular weight is 503 g/mol. The van der Waals surface area contributed by atoms with E-state index in [0.717, 1.165) is 49.8 Å². The van der Waals surface area contributed by atoms with Gasteiger partial charge in [-0.3, -0.25) is 14.5 Å². The van der Waals surface area contributed by atoms with Gasteiger partial charge in [0.15, 0.2) is 0 Å². The standard InChI is InChI=1S/C30H38N4O3/c1-21(2)17-32-13-15-33(16-14-32)18-23-8-10-24(11-9-23)20-37-28-6-4-5-25-26(28)19-34(30(25)36)27-12-7-22(3)31-29(27)35/h4-6,8-11,21,27H,3,7,12-20H2,1-2H3,(H,31,35)/t27-/m1/s1. The lowest BCUT2D eigenvalue weighted by Crippen LogP contribution is -2.49. The quantitative estimate of drug-likeness (QED) is 0.595. The Bertz CT molecular complexity index is 1150. The van der Waals surface area contributed by atoms with E-state index in [1.165, 1.54) is 12.1 Å². The zero-order chi connectivity index (χ0) is 25.9. The Morgan fingerprint density at radius 2 is 1.70 bits per heavy atom. The van der Waals surface area contributed by atoms with Crippen LogP contribution in [0.25, 0.3) is 0 Å². The van der Waals surface area contributed by atoms with Gasteiger partial charge in [-0.1, -0.05) is 50.8 Å². The number of hydrogen-bond acceptors (Lipinski definition) is 5. The Kier molecular flexibility index (Phi) is 7.63. The third kappa shape index (κ3) is 5.89. The van der Waals surface area contributed by atoms with Crippen molar-refractivity contribution in [2.75, 3.05) is 32.7 Å². The van der Waals surface area contributed by atoms with Crippen molar-refractivity contribution in [1.82, 2.24) is 20.0 Å². The van der Waals surface area contributed by atoms with E-state index < -0.39 is 6.04 Å². The second-order valence-corrected chi connectivity index (χ2v) is 10.9. The number of ether oxygens (including phenoxy) is 1. The summed E-state index contributed by atoms with van der Waals surface area (Å²) in [5.74, 6) is 1.16. The predicted octanol–water partition coefficient (Wildman–Crippen LogP) is 3.79. The van der Waals surface area contributed by atoms with Gasteiger partial charge in [-0.15, -0.1) is 0 Å². The Morgan fingerprint density at radius 1 is 1.00 bits per heavy atom. The van der Waals surface area contributed by atoms with Gasteiger partial charge < -0.3 is 19.9 Å². The lowest BCUT2D eigenvalue weighted by Gasteiger charge is -2.35. The minimum atomic E-state index is -0.469. The summed E-state index contributed by atoms with van der Waals surface area (Å²) in [5.41, 5.74) is 4.60. The molecule has 0 bridgehead atoms. The topological polar surface area (TPSA) is 65.1 Å². The molecule has 2 amide bonds. The van der Waals surface area contributed by atoms with Crippen molar-refractivity contribution in [2.24, 2.45) is 5.92 Å². The largest absolute Gasteiger partial charge is 0.489 e. The summed E-state index contributed by atoms with van der Waals surface area (Å²) in [6, 6.07) is 13.7. The summed E-state index contributed by atoms with van der Waals surface area (Å²) in [5, 5.41) is 2.79. The molecule has 0 spiro atoms. The maximum Gasteiger partial charge on any atom is 0.255 e. The number of allylic oxidation sites excluding steroid dienone is 1. The van der Waals surface area contributed by atoms with E-state index in [9.17, 15) is 9.59 Å². The number of piperidine rings is 1. The van der Waals surface area contributed by atoms with Crippen LogP contribution >= 0.6 is 0 Å². The fourth-order valence-corrected chi connectivity index (χ4v) is 5.58. The molecule has 0 aromatic heterocycles. The normalized spacial score (nSPS) is 20.9. The highest BCUT2D eigenvalue weighted by atomic mass is 16.5. The number of nitrogens with zero attached hydrogens (tertiary/aromatic N) is 3. The summed E-state index contributed by atoms with van der Waals surface area (Å²) in [6.07, 6.45) is 1.28. The molecule has 2 saturated heterocycles. The van der Waals surface area contributed by atoms with Crippen molar-refractivity contribution in [1.29, 1.82) is 0 Å². The van der Waals surface area contributed by atoms with Crippen LogP contribution in [0.5, 0.6) is 5.75 Å². The molecule has 0 unspecified atom stereocenters. The van der Waals surface area contributed by atoms with E-state index in [4.69, 9.17) is 4.74 Å². The van der Waals surface area contributed by atoms with Crippen LogP contribution in [0.1, 0.15) is 53.7 Å². The molecule has 2 fully saturated rings. The highest BCUT2D eigenvalue weighted by molar-refractivity contribution is 6.02. The Labute approximate surface area is 220 Å². The Balaban J connectivity index is 1.16. The molecular formula is C30H38N4O3. The molecule has 37 heavy (non-hydrogen) atoms. The van der Waals surface area contributed by atoms with Crippen LogP contribution < -0.4 is 10.1 Å². The van der Waals surface area contributed by atoms with E-state index in [1.54, 1.807) is 4.90 Å². The number of fused-ring (bicyclic) bond motifs is 1. The van der Waals surface area contributed by atoms with Crippen molar-refractivity contribution in [3.05, 3.63) is 77.0 Å². The van der Waals surface area contributed by atoms with Crippen LogP contribution in [-0.4, -0.2) is 65.3 Å². The van der Waals surface area contributed by atoms with Crippen molar-refractivity contribution in [3.8, 4) is 5.75 Å². The molecule has 3 aliphatic rings. The smallest absolute Gasteiger partial charge is 0.255 e. The third-order valence-electron chi connectivity index (χ3n) is 7.56. The van der Waals surface area contributed by atoms with Crippen molar-refractivity contribution in [2.45, 2.75) is 52.4 Å². The maximum absolute atomic E-state index is 13.1. The molecular weight excluding hydrogens is 464 g/mol. The van der Waals surface area contributed by atoms with Gasteiger partial charge in [-0.25, -0.2) is 0 Å². The summed E-state index contributed by atoms with van der Waals surface area (Å²) >= 11 is 0. The number of nitrogens with one attached hydrogen (secondary N) is 1. The molecule has 2 aromatic carbocycles. The van der Waals surface area contributed by atoms with Gasteiger partial charge in [0, 0.05) is 56.1 Å². The van der Waals surface area contributed by atoms with Gasteiger partial charge in [0.2, 0.25) is 5.91 Å². The number of rotatable bonds is 8. The Hall–Kier alpha value is -3.16. The summed E-state index contributed by atoms with van der Waals surface area (Å²) in [4.78, 5) is 32.3. The minimum absolute atomic E-state index is 0.109. The highest BCUT2D eigenvalue weighted by Crippen LogP contribution is 2.34. The van der Waals surface area contributed by atoms with Gasteiger partial charge in [-0.05, 0) is 42.0 Å². The number of piperazine rings is 1. The van der Waals surface area contributed by atoms with E-state index in [0.29, 0.717) is 43.0 Å². The number of amides is 2. The molecule has 0 saturated carbocycles. The first-order chi connectivity index (χ1) is 17.9. The molecule has 0 aliphatic carbocycles. The molecule has 7 heteroatoms. The summed E-state index contributed by atoms with van der Waals surface area (Å²) in [6.45, 7) is 15.9. The maximum atomic E-state index is 13.1. The van der Waals surface area contributed by atoms with Crippen LogP contribution in [0.3, 0.4) is 0 Å². The molecule has 196 valence electrons. The highest BCUT2D eigenvalue weighted by Gasteiger charge is 2.39. The molecule has 3 aliphatic heterocycles. The van der Waals surface area contributed by atoms with Gasteiger partial charge >= 0.3 is 0 Å². The van der Waals surface area contributed by atoms with Crippen molar-refractivity contribution < 1.29 is 14.3 Å². The fraction of sp³-hybridized carbons (Fsp3) is 0.467. The lowest BCUT2D eigenvalue weighted by atomic mass is 10.0. The molecule has 1 atom stereocenters. The fourth-order valence-electron chi connectivity index (χ4n) is 5.58. The second-order valence-electron chi connectivity index (χ2n) is 10.9.